The number of aryl methyl sites for hydroxylation is 1. The summed E-state index contributed by atoms with van der Waals surface area (Å²) in [6.07, 6.45) is 6.56. The number of ether oxygens (including phenoxy) is 1. The summed E-state index contributed by atoms with van der Waals surface area (Å²) in [5.41, 5.74) is 1.39. The molecule has 0 aliphatic rings. The van der Waals surface area contributed by atoms with Crippen LogP contribution >= 0.6 is 11.3 Å². The summed E-state index contributed by atoms with van der Waals surface area (Å²) in [7, 11) is 0. The molecule has 3 heteroatoms. The smallest absolute Gasteiger partial charge is 0.0591 e. The molecule has 0 aliphatic carbocycles. The van der Waals surface area contributed by atoms with E-state index < -0.39 is 0 Å². The monoisotopic (exact) mass is 269 g/mol. The summed E-state index contributed by atoms with van der Waals surface area (Å²) in [5, 5.41) is 5.58. The van der Waals surface area contributed by atoms with Crippen molar-refractivity contribution in [1.29, 1.82) is 0 Å². The molecule has 0 atom stereocenters. The fourth-order valence-corrected chi connectivity index (χ4v) is 2.72. The van der Waals surface area contributed by atoms with Crippen molar-refractivity contribution >= 4 is 11.3 Å². The first kappa shape index (κ1) is 15.7. The first-order chi connectivity index (χ1) is 8.84. The van der Waals surface area contributed by atoms with Crippen molar-refractivity contribution in [2.24, 2.45) is 0 Å². The Morgan fingerprint density at radius 3 is 2.72 bits per heavy atom. The van der Waals surface area contributed by atoms with Gasteiger partial charge in [-0.3, -0.25) is 0 Å². The van der Waals surface area contributed by atoms with Gasteiger partial charge in [-0.2, -0.15) is 0 Å². The Morgan fingerprint density at radius 1 is 1.17 bits per heavy atom. The summed E-state index contributed by atoms with van der Waals surface area (Å²) in [6.45, 7) is 8.09. The van der Waals surface area contributed by atoms with E-state index in [4.69, 9.17) is 4.74 Å². The van der Waals surface area contributed by atoms with E-state index in [0.717, 1.165) is 26.3 Å². The molecular formula is C15H27NOS. The Kier molecular flexibility index (Phi) is 9.17. The van der Waals surface area contributed by atoms with Crippen LogP contribution in [0.5, 0.6) is 0 Å². The Balaban J connectivity index is 1.83. The highest BCUT2D eigenvalue weighted by Crippen LogP contribution is 2.14. The van der Waals surface area contributed by atoms with Crippen molar-refractivity contribution in [1.82, 2.24) is 5.32 Å². The number of nitrogens with one attached hydrogen (secondary N) is 1. The molecule has 0 unspecified atom stereocenters. The molecule has 0 fully saturated rings. The molecule has 1 N–H and O–H groups in total. The first-order valence-electron chi connectivity index (χ1n) is 7.16. The van der Waals surface area contributed by atoms with Crippen LogP contribution in [-0.2, 0) is 11.3 Å². The number of unbranched alkanes of at least 4 members (excludes halogenated alkanes) is 4. The molecule has 1 heterocycles. The number of rotatable bonds is 11. The van der Waals surface area contributed by atoms with E-state index in [9.17, 15) is 0 Å². The van der Waals surface area contributed by atoms with Crippen LogP contribution in [0.25, 0.3) is 0 Å². The largest absolute Gasteiger partial charge is 0.380 e. The van der Waals surface area contributed by atoms with Crippen LogP contribution in [0.15, 0.2) is 11.4 Å². The van der Waals surface area contributed by atoms with Crippen LogP contribution in [0.4, 0.5) is 0 Å². The molecule has 0 radical (unpaired) electrons. The highest BCUT2D eigenvalue weighted by molar-refractivity contribution is 7.10. The fourth-order valence-electron chi connectivity index (χ4n) is 1.84. The molecule has 0 saturated heterocycles. The lowest BCUT2D eigenvalue weighted by atomic mass is 10.2. The molecule has 1 aromatic rings. The van der Waals surface area contributed by atoms with Crippen molar-refractivity contribution < 1.29 is 4.74 Å². The summed E-state index contributed by atoms with van der Waals surface area (Å²) in [6, 6.07) is 2.18. The zero-order valence-corrected chi connectivity index (χ0v) is 12.7. The minimum absolute atomic E-state index is 0.832. The highest BCUT2D eigenvalue weighted by Gasteiger charge is 1.98. The first-order valence-corrected chi connectivity index (χ1v) is 8.04. The predicted molar refractivity (Wildman–Crippen MR) is 80.3 cm³/mol. The summed E-state index contributed by atoms with van der Waals surface area (Å²) in [4.78, 5) is 1.44. The van der Waals surface area contributed by atoms with Gasteiger partial charge in [-0.05, 0) is 30.4 Å². The molecule has 0 aliphatic heterocycles. The SMILES string of the molecule is CCCCCCCOCCNCc1sccc1C. The van der Waals surface area contributed by atoms with Gasteiger partial charge in [0.1, 0.15) is 0 Å². The van der Waals surface area contributed by atoms with Crippen LogP contribution in [0.3, 0.4) is 0 Å². The average Bonchev–Trinajstić information content (AvgIpc) is 2.77. The van der Waals surface area contributed by atoms with E-state index in [1.807, 2.05) is 11.3 Å². The van der Waals surface area contributed by atoms with Crippen molar-refractivity contribution in [3.63, 3.8) is 0 Å². The maximum absolute atomic E-state index is 5.60. The quantitative estimate of drug-likeness (QED) is 0.610. The van der Waals surface area contributed by atoms with Crippen molar-refractivity contribution in [2.45, 2.75) is 52.5 Å². The maximum atomic E-state index is 5.60. The van der Waals surface area contributed by atoms with Gasteiger partial charge in [-0.25, -0.2) is 0 Å². The lowest BCUT2D eigenvalue weighted by Crippen LogP contribution is -2.19. The van der Waals surface area contributed by atoms with Gasteiger partial charge >= 0.3 is 0 Å². The maximum Gasteiger partial charge on any atom is 0.0591 e. The Bertz CT molecular complexity index is 298. The Hall–Kier alpha value is -0.380. The van der Waals surface area contributed by atoms with E-state index in [2.05, 4.69) is 30.6 Å². The second-order valence-electron chi connectivity index (χ2n) is 4.73. The van der Waals surface area contributed by atoms with Crippen LogP contribution in [0, 0.1) is 6.92 Å². The van der Waals surface area contributed by atoms with Gasteiger partial charge in [-0.1, -0.05) is 32.6 Å². The van der Waals surface area contributed by atoms with Crippen LogP contribution in [0.2, 0.25) is 0 Å². The van der Waals surface area contributed by atoms with Gasteiger partial charge in [0.15, 0.2) is 0 Å². The lowest BCUT2D eigenvalue weighted by Gasteiger charge is -2.06. The molecule has 2 nitrogen and oxygen atoms in total. The van der Waals surface area contributed by atoms with Crippen molar-refractivity contribution in [3.05, 3.63) is 21.9 Å². The van der Waals surface area contributed by atoms with E-state index in [1.54, 1.807) is 0 Å². The molecule has 104 valence electrons. The Labute approximate surface area is 116 Å². The fraction of sp³-hybridized carbons (Fsp3) is 0.733. The third-order valence-corrected chi connectivity index (χ3v) is 4.09. The predicted octanol–water partition coefficient (Wildman–Crippen LogP) is 4.13. The summed E-state index contributed by atoms with van der Waals surface area (Å²) < 4.78 is 5.60. The molecule has 0 bridgehead atoms. The van der Waals surface area contributed by atoms with Gasteiger partial charge in [-0.15, -0.1) is 11.3 Å². The second-order valence-corrected chi connectivity index (χ2v) is 5.73. The minimum Gasteiger partial charge on any atom is -0.380 e. The molecular weight excluding hydrogens is 242 g/mol. The number of hydrogen-bond donors (Lipinski definition) is 1. The summed E-state index contributed by atoms with van der Waals surface area (Å²) in [5.74, 6) is 0. The third-order valence-electron chi connectivity index (χ3n) is 3.07. The molecule has 1 aromatic heterocycles. The zero-order valence-electron chi connectivity index (χ0n) is 11.8. The molecule has 0 amide bonds. The van der Waals surface area contributed by atoms with E-state index in [-0.39, 0.29) is 0 Å². The van der Waals surface area contributed by atoms with Gasteiger partial charge in [0.05, 0.1) is 6.61 Å². The van der Waals surface area contributed by atoms with E-state index in [0.29, 0.717) is 0 Å². The highest BCUT2D eigenvalue weighted by atomic mass is 32.1. The zero-order chi connectivity index (χ0) is 13.1. The van der Waals surface area contributed by atoms with Crippen LogP contribution < -0.4 is 5.32 Å². The van der Waals surface area contributed by atoms with Gasteiger partial charge < -0.3 is 10.1 Å². The third kappa shape index (κ3) is 7.14. The van der Waals surface area contributed by atoms with Crippen LogP contribution in [0.1, 0.15) is 49.5 Å². The van der Waals surface area contributed by atoms with Crippen molar-refractivity contribution in [3.8, 4) is 0 Å². The normalized spacial score (nSPS) is 11.0. The molecule has 1 rings (SSSR count). The second kappa shape index (κ2) is 10.5. The molecule has 18 heavy (non-hydrogen) atoms. The average molecular weight is 269 g/mol. The van der Waals surface area contributed by atoms with Gasteiger partial charge in [0.25, 0.3) is 0 Å². The molecule has 0 spiro atoms. The minimum atomic E-state index is 0.832. The van der Waals surface area contributed by atoms with Gasteiger partial charge in [0.2, 0.25) is 0 Å². The molecule has 0 aromatic carbocycles. The lowest BCUT2D eigenvalue weighted by molar-refractivity contribution is 0.131. The Morgan fingerprint density at radius 2 is 2.00 bits per heavy atom. The topological polar surface area (TPSA) is 21.3 Å². The van der Waals surface area contributed by atoms with Crippen LogP contribution in [-0.4, -0.2) is 19.8 Å². The summed E-state index contributed by atoms with van der Waals surface area (Å²) >= 11 is 1.83. The standard InChI is InChI=1S/C15H27NOS/c1-3-4-5-6-7-10-17-11-9-16-13-15-14(2)8-12-18-15/h8,12,16H,3-7,9-11,13H2,1-2H3. The number of thiophene rings is 1. The molecule has 0 saturated carbocycles. The number of hydrogen-bond acceptors (Lipinski definition) is 3. The van der Waals surface area contributed by atoms with E-state index >= 15 is 0 Å². The van der Waals surface area contributed by atoms with E-state index in [1.165, 1.54) is 42.5 Å². The van der Waals surface area contributed by atoms with Crippen molar-refractivity contribution in [2.75, 3.05) is 19.8 Å². The van der Waals surface area contributed by atoms with Gasteiger partial charge in [0, 0.05) is 24.6 Å².